The lowest BCUT2D eigenvalue weighted by Crippen LogP contribution is -2.15. The van der Waals surface area contributed by atoms with E-state index in [1.807, 2.05) is 0 Å². The van der Waals surface area contributed by atoms with E-state index in [9.17, 15) is 30.7 Å². The zero-order chi connectivity index (χ0) is 11.1. The minimum absolute atomic E-state index is 0.500. The van der Waals surface area contributed by atoms with Gasteiger partial charge >= 0.3 is 12.3 Å². The van der Waals surface area contributed by atoms with E-state index in [2.05, 4.69) is 4.74 Å². The van der Waals surface area contributed by atoms with Crippen LogP contribution < -0.4 is 0 Å². The molecule has 0 atom stereocenters. The number of ether oxygens (including phenoxy) is 1. The second-order valence-electron chi connectivity index (χ2n) is 1.34. The van der Waals surface area contributed by atoms with Crippen molar-refractivity contribution in [2.45, 2.75) is 6.18 Å². The summed E-state index contributed by atoms with van der Waals surface area (Å²) in [5.74, 6) is -2.58. The first kappa shape index (κ1) is 14.6. The van der Waals surface area contributed by atoms with E-state index in [0.29, 0.717) is 7.18 Å². The van der Waals surface area contributed by atoms with Crippen molar-refractivity contribution in [1.82, 2.24) is 0 Å². The predicted octanol–water partition coefficient (Wildman–Crippen LogP) is 3.19. The highest BCUT2D eigenvalue weighted by Gasteiger charge is 2.40. The molecule has 0 aliphatic rings. The number of allylic oxidation sites excluding steroid dienone is 1. The second-order valence-corrected chi connectivity index (χ2v) is 1.34. The molecule has 0 radical (unpaired) electrons. The Kier molecular flexibility index (Phi) is 7.34. The molecule has 0 N–H and O–H groups in total. The minimum Gasteiger partial charge on any atom is -0.453 e. The minimum atomic E-state index is -5.34. The van der Waals surface area contributed by atoms with Gasteiger partial charge in [-0.25, -0.2) is 4.39 Å². The summed E-state index contributed by atoms with van der Waals surface area (Å²) in [4.78, 5) is 0. The largest absolute Gasteiger partial charge is 0.454 e. The van der Waals surface area contributed by atoms with Crippen LogP contribution in [0.25, 0.3) is 0 Å². The first-order valence-corrected chi connectivity index (χ1v) is 2.58. The maximum atomic E-state index is 11.3. The second kappa shape index (κ2) is 6.55. The highest BCUT2D eigenvalue weighted by molar-refractivity contribution is 5.00. The molecular formula is C5H5F7O. The summed E-state index contributed by atoms with van der Waals surface area (Å²) < 4.78 is 80.0. The first-order valence-electron chi connectivity index (χ1n) is 2.58. The molecule has 0 aromatic carbocycles. The Balaban J connectivity index is 0. The molecule has 8 heteroatoms. The molecule has 0 aliphatic heterocycles. The third-order valence-electron chi connectivity index (χ3n) is 0.628. The van der Waals surface area contributed by atoms with Crippen LogP contribution >= 0.6 is 0 Å². The van der Waals surface area contributed by atoms with Crippen LogP contribution in [-0.2, 0) is 4.74 Å². The van der Waals surface area contributed by atoms with Gasteiger partial charge in [-0.3, -0.25) is 4.39 Å². The van der Waals surface area contributed by atoms with Crippen LogP contribution in [0.2, 0.25) is 0 Å². The Labute approximate surface area is 68.8 Å². The van der Waals surface area contributed by atoms with Gasteiger partial charge in [0.2, 0.25) is 6.86 Å². The van der Waals surface area contributed by atoms with Crippen molar-refractivity contribution in [2.24, 2.45) is 0 Å². The molecule has 80 valence electrons. The third-order valence-corrected chi connectivity index (χ3v) is 0.628. The van der Waals surface area contributed by atoms with E-state index >= 15 is 0 Å². The number of hydrogen-bond acceptors (Lipinski definition) is 1. The van der Waals surface area contributed by atoms with Gasteiger partial charge in [-0.1, -0.05) is 0 Å². The van der Waals surface area contributed by atoms with E-state index in [4.69, 9.17) is 0 Å². The van der Waals surface area contributed by atoms with Crippen molar-refractivity contribution in [3.63, 3.8) is 0 Å². The quantitative estimate of drug-likeness (QED) is 0.506. The van der Waals surface area contributed by atoms with E-state index in [-0.39, 0.29) is 0 Å². The summed E-state index contributed by atoms with van der Waals surface area (Å²) in [6.45, 7) is -1.94. The maximum Gasteiger partial charge on any atom is 0.454 e. The molecule has 13 heavy (non-hydrogen) atoms. The zero-order valence-corrected chi connectivity index (χ0v) is 6.26. The molecule has 0 amide bonds. The summed E-state index contributed by atoms with van der Waals surface area (Å²) in [5, 5.41) is 0. The first-order chi connectivity index (χ1) is 5.89. The van der Waals surface area contributed by atoms with Crippen molar-refractivity contribution in [3.8, 4) is 0 Å². The van der Waals surface area contributed by atoms with Gasteiger partial charge in [-0.15, -0.1) is 0 Å². The standard InChI is InChI=1S/C4H2F6O.CH3F/c5-1-11-2(3(6)7)4(8,9)10;1-2/h1H2;1H3. The van der Waals surface area contributed by atoms with Crippen molar-refractivity contribution in [2.75, 3.05) is 14.0 Å². The zero-order valence-electron chi connectivity index (χ0n) is 6.26. The van der Waals surface area contributed by atoms with Crippen LogP contribution in [0.1, 0.15) is 0 Å². The highest BCUT2D eigenvalue weighted by atomic mass is 19.4. The van der Waals surface area contributed by atoms with Gasteiger partial charge in [-0.2, -0.15) is 22.0 Å². The maximum absolute atomic E-state index is 11.3. The Morgan fingerprint density at radius 3 is 1.62 bits per heavy atom. The SMILES string of the molecule is CF.FCOC(=C(F)F)C(F)(F)F. The van der Waals surface area contributed by atoms with Gasteiger partial charge in [0.05, 0.1) is 7.18 Å². The summed E-state index contributed by atoms with van der Waals surface area (Å²) in [5.41, 5.74) is 0. The summed E-state index contributed by atoms with van der Waals surface area (Å²) in [6.07, 6.45) is -8.43. The molecule has 0 heterocycles. The average molecular weight is 214 g/mol. The van der Waals surface area contributed by atoms with Crippen LogP contribution in [0, 0.1) is 0 Å². The molecule has 0 aromatic rings. The molecule has 0 unspecified atom stereocenters. The summed E-state index contributed by atoms with van der Waals surface area (Å²) in [7, 11) is 0.500. The van der Waals surface area contributed by atoms with Crippen molar-refractivity contribution in [1.29, 1.82) is 0 Å². The molecule has 1 nitrogen and oxygen atoms in total. The monoisotopic (exact) mass is 214 g/mol. The smallest absolute Gasteiger partial charge is 0.453 e. The lowest BCUT2D eigenvalue weighted by molar-refractivity contribution is -0.143. The fourth-order valence-corrected chi connectivity index (χ4v) is 0.298. The number of hydrogen-bond donors (Lipinski definition) is 0. The van der Waals surface area contributed by atoms with Crippen LogP contribution in [0.3, 0.4) is 0 Å². The van der Waals surface area contributed by atoms with E-state index in [1.54, 1.807) is 0 Å². The molecule has 0 saturated carbocycles. The highest BCUT2D eigenvalue weighted by Crippen LogP contribution is 2.30. The Morgan fingerprint density at radius 1 is 1.15 bits per heavy atom. The van der Waals surface area contributed by atoms with Gasteiger partial charge in [0.15, 0.2) is 0 Å². The Bertz CT molecular complexity index is 157. The van der Waals surface area contributed by atoms with E-state index < -0.39 is 24.9 Å². The molecule has 0 rings (SSSR count). The molecule has 0 spiro atoms. The van der Waals surface area contributed by atoms with Crippen molar-refractivity contribution >= 4 is 0 Å². The Morgan fingerprint density at radius 2 is 1.54 bits per heavy atom. The molecule has 0 aliphatic carbocycles. The predicted molar refractivity (Wildman–Crippen MR) is 29.4 cm³/mol. The van der Waals surface area contributed by atoms with Crippen LogP contribution in [0.15, 0.2) is 11.8 Å². The average Bonchev–Trinajstić information content (AvgIpc) is 2.01. The molecule has 0 fully saturated rings. The van der Waals surface area contributed by atoms with Crippen LogP contribution in [0.4, 0.5) is 30.7 Å². The number of alkyl halides is 5. The Hall–Kier alpha value is -0.950. The van der Waals surface area contributed by atoms with Gasteiger partial charge in [0.25, 0.3) is 5.76 Å². The fourth-order valence-electron chi connectivity index (χ4n) is 0.298. The van der Waals surface area contributed by atoms with E-state index in [1.165, 1.54) is 0 Å². The molecular weight excluding hydrogens is 209 g/mol. The molecule has 0 saturated heterocycles. The number of rotatable bonds is 2. The molecule has 0 aromatic heterocycles. The molecule has 0 bridgehead atoms. The van der Waals surface area contributed by atoms with Gasteiger partial charge in [0.1, 0.15) is 0 Å². The van der Waals surface area contributed by atoms with Gasteiger partial charge in [-0.05, 0) is 0 Å². The van der Waals surface area contributed by atoms with Crippen LogP contribution in [-0.4, -0.2) is 20.2 Å². The van der Waals surface area contributed by atoms with Gasteiger partial charge in [0, 0.05) is 0 Å². The fraction of sp³-hybridized carbons (Fsp3) is 0.600. The normalized spacial score (nSPS) is 9.85. The van der Waals surface area contributed by atoms with E-state index in [0.717, 1.165) is 0 Å². The lowest BCUT2D eigenvalue weighted by atomic mass is 10.5. The third kappa shape index (κ3) is 6.23. The summed E-state index contributed by atoms with van der Waals surface area (Å²) >= 11 is 0. The summed E-state index contributed by atoms with van der Waals surface area (Å²) in [6, 6.07) is 0. The van der Waals surface area contributed by atoms with Crippen molar-refractivity contribution in [3.05, 3.63) is 11.8 Å². The topological polar surface area (TPSA) is 9.23 Å². The van der Waals surface area contributed by atoms with Crippen LogP contribution in [0.5, 0.6) is 0 Å². The number of halogens is 7. The lowest BCUT2D eigenvalue weighted by Gasteiger charge is -2.08. The van der Waals surface area contributed by atoms with Crippen molar-refractivity contribution < 1.29 is 35.5 Å². The van der Waals surface area contributed by atoms with Gasteiger partial charge < -0.3 is 4.74 Å².